The Morgan fingerprint density at radius 3 is 2.42 bits per heavy atom. The third-order valence-corrected chi connectivity index (χ3v) is 7.04. The summed E-state index contributed by atoms with van der Waals surface area (Å²) in [6.07, 6.45) is 7.85. The number of benzene rings is 1. The number of esters is 1. The second-order valence-corrected chi connectivity index (χ2v) is 9.10. The molecule has 1 aromatic rings. The number of methoxy groups -OCH3 is 1. The maximum Gasteiger partial charge on any atom is 0.328 e. The summed E-state index contributed by atoms with van der Waals surface area (Å²) in [4.78, 5) is 24.3. The minimum absolute atomic E-state index is 0.00642. The predicted molar refractivity (Wildman–Crippen MR) is 99.5 cm³/mol. The fourth-order valence-electron chi connectivity index (χ4n) is 6.66. The quantitative estimate of drug-likeness (QED) is 0.821. The molecule has 1 aromatic carbocycles. The van der Waals surface area contributed by atoms with E-state index in [9.17, 15) is 9.59 Å². The van der Waals surface area contributed by atoms with Crippen molar-refractivity contribution in [2.75, 3.05) is 7.11 Å². The molecule has 3 unspecified atom stereocenters. The van der Waals surface area contributed by atoms with Gasteiger partial charge in [-0.3, -0.25) is 4.79 Å². The zero-order chi connectivity index (χ0) is 18.4. The zero-order valence-electron chi connectivity index (χ0n) is 15.8. The molecule has 4 nitrogen and oxygen atoms in total. The predicted octanol–water partition coefficient (Wildman–Crippen LogP) is 3.59. The molecule has 4 fully saturated rings. The molecule has 140 valence electrons. The fraction of sp³-hybridized carbons (Fsp3) is 0.636. The molecule has 0 radical (unpaired) electrons. The summed E-state index contributed by atoms with van der Waals surface area (Å²) in [5, 5.41) is 2.84. The van der Waals surface area contributed by atoms with E-state index in [-0.39, 0.29) is 22.7 Å². The van der Waals surface area contributed by atoms with Crippen molar-refractivity contribution >= 4 is 11.9 Å². The molecule has 0 aromatic heterocycles. The number of hydrogen-bond acceptors (Lipinski definition) is 3. The molecular weight excluding hydrogens is 326 g/mol. The SMILES string of the molecule is COC(=O)C(C)NC(=O)CC12CC3CC(C1)CC(c1ccccc1)(C3)C2. The van der Waals surface area contributed by atoms with Crippen LogP contribution in [0.4, 0.5) is 0 Å². The topological polar surface area (TPSA) is 55.4 Å². The van der Waals surface area contributed by atoms with Gasteiger partial charge in [0, 0.05) is 6.42 Å². The minimum Gasteiger partial charge on any atom is -0.467 e. The number of nitrogens with one attached hydrogen (secondary N) is 1. The van der Waals surface area contributed by atoms with Crippen LogP contribution in [0.25, 0.3) is 0 Å². The lowest BCUT2D eigenvalue weighted by atomic mass is 9.42. The highest BCUT2D eigenvalue weighted by atomic mass is 16.5. The standard InChI is InChI=1S/C22H29NO3/c1-15(20(25)26-2)23-19(24)13-21-9-16-8-17(10-21)12-22(11-16,14-21)18-6-4-3-5-7-18/h3-7,15-17H,8-14H2,1-2H3,(H,23,24). The summed E-state index contributed by atoms with van der Waals surface area (Å²) in [5.74, 6) is 1.09. The van der Waals surface area contributed by atoms with Gasteiger partial charge in [0.05, 0.1) is 7.11 Å². The molecule has 0 aliphatic heterocycles. The van der Waals surface area contributed by atoms with Crippen LogP contribution in [-0.2, 0) is 19.7 Å². The lowest BCUT2D eigenvalue weighted by molar-refractivity contribution is -0.146. The normalized spacial score (nSPS) is 35.8. The Bertz CT molecular complexity index is 685. The van der Waals surface area contributed by atoms with E-state index in [1.54, 1.807) is 6.92 Å². The van der Waals surface area contributed by atoms with Gasteiger partial charge in [-0.25, -0.2) is 4.79 Å². The van der Waals surface area contributed by atoms with Crippen LogP contribution in [0.5, 0.6) is 0 Å². The number of rotatable bonds is 5. The van der Waals surface area contributed by atoms with Crippen molar-refractivity contribution < 1.29 is 14.3 Å². The van der Waals surface area contributed by atoms with Crippen molar-refractivity contribution in [2.45, 2.75) is 63.3 Å². The van der Waals surface area contributed by atoms with Crippen LogP contribution >= 0.6 is 0 Å². The molecule has 4 bridgehead atoms. The van der Waals surface area contributed by atoms with E-state index >= 15 is 0 Å². The molecule has 0 heterocycles. The van der Waals surface area contributed by atoms with E-state index in [1.165, 1.54) is 31.9 Å². The molecular formula is C22H29NO3. The first-order valence-corrected chi connectivity index (χ1v) is 9.86. The summed E-state index contributed by atoms with van der Waals surface area (Å²) >= 11 is 0. The van der Waals surface area contributed by atoms with Gasteiger partial charge in [-0.15, -0.1) is 0 Å². The average Bonchev–Trinajstić information content (AvgIpc) is 2.60. The Balaban J connectivity index is 1.53. The van der Waals surface area contributed by atoms with Gasteiger partial charge in [0.25, 0.3) is 0 Å². The van der Waals surface area contributed by atoms with Crippen molar-refractivity contribution in [2.24, 2.45) is 17.3 Å². The van der Waals surface area contributed by atoms with Crippen LogP contribution < -0.4 is 5.32 Å². The van der Waals surface area contributed by atoms with Crippen molar-refractivity contribution in [3.05, 3.63) is 35.9 Å². The molecule has 1 amide bonds. The van der Waals surface area contributed by atoms with Crippen molar-refractivity contribution in [1.82, 2.24) is 5.32 Å². The molecule has 4 heteroatoms. The van der Waals surface area contributed by atoms with E-state index in [0.717, 1.165) is 31.1 Å². The third-order valence-electron chi connectivity index (χ3n) is 7.04. The van der Waals surface area contributed by atoms with Crippen LogP contribution in [-0.4, -0.2) is 25.0 Å². The number of hydrogen-bond donors (Lipinski definition) is 1. The number of carbonyl (C=O) groups is 2. The van der Waals surface area contributed by atoms with Gasteiger partial charge < -0.3 is 10.1 Å². The summed E-state index contributed by atoms with van der Waals surface area (Å²) in [7, 11) is 1.35. The Labute approximate surface area is 155 Å². The summed E-state index contributed by atoms with van der Waals surface area (Å²) in [6.45, 7) is 1.69. The van der Waals surface area contributed by atoms with E-state index < -0.39 is 6.04 Å². The first-order valence-electron chi connectivity index (χ1n) is 9.86. The van der Waals surface area contributed by atoms with Crippen LogP contribution in [0.2, 0.25) is 0 Å². The van der Waals surface area contributed by atoms with Crippen LogP contribution in [0, 0.1) is 17.3 Å². The Morgan fingerprint density at radius 1 is 1.15 bits per heavy atom. The van der Waals surface area contributed by atoms with Crippen molar-refractivity contribution in [1.29, 1.82) is 0 Å². The van der Waals surface area contributed by atoms with E-state index in [1.807, 2.05) is 0 Å². The van der Waals surface area contributed by atoms with Gasteiger partial charge in [0.1, 0.15) is 6.04 Å². The molecule has 26 heavy (non-hydrogen) atoms. The van der Waals surface area contributed by atoms with Crippen LogP contribution in [0.1, 0.15) is 57.4 Å². The van der Waals surface area contributed by atoms with Crippen molar-refractivity contribution in [3.63, 3.8) is 0 Å². The fourth-order valence-corrected chi connectivity index (χ4v) is 6.66. The Kier molecular flexibility index (Phi) is 4.32. The van der Waals surface area contributed by atoms with Gasteiger partial charge in [0.2, 0.25) is 5.91 Å². The maximum absolute atomic E-state index is 12.7. The van der Waals surface area contributed by atoms with Gasteiger partial charge in [-0.05, 0) is 73.7 Å². The molecule has 4 saturated carbocycles. The van der Waals surface area contributed by atoms with Gasteiger partial charge >= 0.3 is 5.97 Å². The molecule has 1 N–H and O–H groups in total. The first-order chi connectivity index (χ1) is 12.4. The highest BCUT2D eigenvalue weighted by Gasteiger charge is 2.58. The second kappa shape index (κ2) is 6.40. The zero-order valence-corrected chi connectivity index (χ0v) is 15.8. The lowest BCUT2D eigenvalue weighted by Crippen LogP contribution is -2.55. The highest BCUT2D eigenvalue weighted by molar-refractivity contribution is 5.84. The maximum atomic E-state index is 12.7. The van der Waals surface area contributed by atoms with Crippen molar-refractivity contribution in [3.8, 4) is 0 Å². The van der Waals surface area contributed by atoms with Gasteiger partial charge in [-0.2, -0.15) is 0 Å². The first kappa shape index (κ1) is 17.6. The molecule has 3 atom stereocenters. The monoisotopic (exact) mass is 355 g/mol. The Morgan fingerprint density at radius 2 is 1.81 bits per heavy atom. The lowest BCUT2D eigenvalue weighted by Gasteiger charge is -2.62. The average molecular weight is 355 g/mol. The number of ether oxygens (including phenoxy) is 1. The van der Waals surface area contributed by atoms with Gasteiger partial charge in [-0.1, -0.05) is 30.3 Å². The molecule has 4 aliphatic rings. The van der Waals surface area contributed by atoms with E-state index in [2.05, 4.69) is 35.6 Å². The second-order valence-electron chi connectivity index (χ2n) is 9.10. The molecule has 0 spiro atoms. The van der Waals surface area contributed by atoms with Crippen LogP contribution in [0.3, 0.4) is 0 Å². The smallest absolute Gasteiger partial charge is 0.328 e. The molecule has 0 saturated heterocycles. The number of carbonyl (C=O) groups excluding carboxylic acids is 2. The highest BCUT2D eigenvalue weighted by Crippen LogP contribution is 2.66. The minimum atomic E-state index is -0.579. The largest absolute Gasteiger partial charge is 0.467 e. The van der Waals surface area contributed by atoms with E-state index in [0.29, 0.717) is 6.42 Å². The third kappa shape index (κ3) is 3.04. The Hall–Kier alpha value is -1.84. The number of amides is 1. The summed E-state index contributed by atoms with van der Waals surface area (Å²) in [5.41, 5.74) is 1.81. The summed E-state index contributed by atoms with van der Waals surface area (Å²) < 4.78 is 4.73. The molecule has 5 rings (SSSR count). The molecule has 4 aliphatic carbocycles. The van der Waals surface area contributed by atoms with Gasteiger partial charge in [0.15, 0.2) is 0 Å². The summed E-state index contributed by atoms with van der Waals surface area (Å²) in [6, 6.07) is 10.3. The van der Waals surface area contributed by atoms with Crippen LogP contribution in [0.15, 0.2) is 30.3 Å². The van der Waals surface area contributed by atoms with E-state index in [4.69, 9.17) is 4.74 Å².